The topological polar surface area (TPSA) is 49.4 Å². The lowest BCUT2D eigenvalue weighted by Crippen LogP contribution is -2.53. The molecule has 0 saturated carbocycles. The van der Waals surface area contributed by atoms with E-state index in [1.807, 2.05) is 0 Å². The Balaban J connectivity index is 2.42. The summed E-state index contributed by atoms with van der Waals surface area (Å²) >= 11 is 9.41. The molecule has 112 valence electrons. The SMILES string of the molecule is CCCC1CNCCN1S(=O)(=O)c1c(Cl)cccc1Br. The molecular weight excluding hydrogens is 364 g/mol. The molecule has 1 atom stereocenters. The van der Waals surface area contributed by atoms with E-state index < -0.39 is 10.0 Å². The van der Waals surface area contributed by atoms with Gasteiger partial charge in [-0.25, -0.2) is 8.42 Å². The van der Waals surface area contributed by atoms with Crippen LogP contribution in [0.1, 0.15) is 19.8 Å². The first kappa shape index (κ1) is 16.2. The van der Waals surface area contributed by atoms with Gasteiger partial charge in [-0.3, -0.25) is 0 Å². The van der Waals surface area contributed by atoms with Crippen LogP contribution in [0.3, 0.4) is 0 Å². The Morgan fingerprint density at radius 2 is 2.25 bits per heavy atom. The van der Waals surface area contributed by atoms with Crippen LogP contribution in [0.2, 0.25) is 5.02 Å². The van der Waals surface area contributed by atoms with Crippen molar-refractivity contribution in [2.24, 2.45) is 0 Å². The van der Waals surface area contributed by atoms with Gasteiger partial charge in [0.25, 0.3) is 0 Å². The minimum Gasteiger partial charge on any atom is -0.314 e. The maximum absolute atomic E-state index is 12.9. The smallest absolute Gasteiger partial charge is 0.246 e. The maximum Gasteiger partial charge on any atom is 0.246 e. The van der Waals surface area contributed by atoms with E-state index in [-0.39, 0.29) is 16.0 Å². The van der Waals surface area contributed by atoms with E-state index in [1.54, 1.807) is 22.5 Å². The summed E-state index contributed by atoms with van der Waals surface area (Å²) in [7, 11) is -3.58. The number of hydrogen-bond acceptors (Lipinski definition) is 3. The molecule has 4 nitrogen and oxygen atoms in total. The van der Waals surface area contributed by atoms with Crippen LogP contribution in [0.15, 0.2) is 27.6 Å². The van der Waals surface area contributed by atoms with Gasteiger partial charge < -0.3 is 5.32 Å². The Kier molecular flexibility index (Phi) is 5.48. The van der Waals surface area contributed by atoms with Crippen LogP contribution in [-0.2, 0) is 10.0 Å². The van der Waals surface area contributed by atoms with Gasteiger partial charge in [0.15, 0.2) is 0 Å². The van der Waals surface area contributed by atoms with E-state index in [2.05, 4.69) is 28.2 Å². The van der Waals surface area contributed by atoms with E-state index in [1.165, 1.54) is 0 Å². The van der Waals surface area contributed by atoms with Gasteiger partial charge in [-0.1, -0.05) is 31.0 Å². The van der Waals surface area contributed by atoms with Gasteiger partial charge in [0.1, 0.15) is 4.90 Å². The van der Waals surface area contributed by atoms with Gasteiger partial charge in [-0.2, -0.15) is 4.31 Å². The van der Waals surface area contributed by atoms with E-state index in [0.717, 1.165) is 12.8 Å². The predicted octanol–water partition coefficient (Wildman–Crippen LogP) is 2.87. The summed E-state index contributed by atoms with van der Waals surface area (Å²) in [5, 5.41) is 3.51. The number of rotatable bonds is 4. The van der Waals surface area contributed by atoms with Crippen LogP contribution in [0.25, 0.3) is 0 Å². The van der Waals surface area contributed by atoms with E-state index >= 15 is 0 Å². The fraction of sp³-hybridized carbons (Fsp3) is 0.538. The Morgan fingerprint density at radius 3 is 2.90 bits per heavy atom. The Hall–Kier alpha value is -0.140. The molecule has 1 saturated heterocycles. The zero-order chi connectivity index (χ0) is 14.8. The molecule has 20 heavy (non-hydrogen) atoms. The molecule has 1 aliphatic heterocycles. The highest BCUT2D eigenvalue weighted by molar-refractivity contribution is 9.10. The molecule has 1 aromatic carbocycles. The summed E-state index contributed by atoms with van der Waals surface area (Å²) in [6, 6.07) is 5.03. The highest BCUT2D eigenvalue weighted by Gasteiger charge is 2.35. The van der Waals surface area contributed by atoms with E-state index in [0.29, 0.717) is 24.1 Å². The summed E-state index contributed by atoms with van der Waals surface area (Å²) in [5.41, 5.74) is 0. The maximum atomic E-state index is 12.9. The first-order valence-electron chi connectivity index (χ1n) is 6.65. The number of hydrogen-bond donors (Lipinski definition) is 1. The fourth-order valence-electron chi connectivity index (χ4n) is 2.48. The van der Waals surface area contributed by atoms with Gasteiger partial charge in [0.2, 0.25) is 10.0 Å². The van der Waals surface area contributed by atoms with Crippen molar-refractivity contribution in [2.75, 3.05) is 19.6 Å². The Bertz CT molecular complexity index is 557. The number of nitrogens with one attached hydrogen (secondary N) is 1. The lowest BCUT2D eigenvalue weighted by Gasteiger charge is -2.35. The fourth-order valence-corrected chi connectivity index (χ4v) is 5.81. The summed E-state index contributed by atoms with van der Waals surface area (Å²) in [6.07, 6.45) is 1.79. The normalized spacial score (nSPS) is 21.1. The Labute approximate surface area is 133 Å². The molecular formula is C13H18BrClN2O2S. The molecule has 0 amide bonds. The van der Waals surface area contributed by atoms with Crippen molar-refractivity contribution in [3.8, 4) is 0 Å². The van der Waals surface area contributed by atoms with Gasteiger partial charge in [-0.05, 0) is 34.5 Å². The first-order valence-corrected chi connectivity index (χ1v) is 9.26. The van der Waals surface area contributed by atoms with Gasteiger partial charge in [0.05, 0.1) is 5.02 Å². The summed E-state index contributed by atoms with van der Waals surface area (Å²) in [6.45, 7) is 3.89. The lowest BCUT2D eigenvalue weighted by atomic mass is 10.1. The standard InChI is InChI=1S/C13H18BrClN2O2S/c1-2-4-10-9-16-7-8-17(10)20(18,19)13-11(14)5-3-6-12(13)15/h3,5-6,10,16H,2,4,7-9H2,1H3. The monoisotopic (exact) mass is 380 g/mol. The largest absolute Gasteiger partial charge is 0.314 e. The number of sulfonamides is 1. The quantitative estimate of drug-likeness (QED) is 0.872. The van der Waals surface area contributed by atoms with Crippen molar-refractivity contribution in [1.29, 1.82) is 0 Å². The molecule has 0 radical (unpaired) electrons. The van der Waals surface area contributed by atoms with Crippen LogP contribution in [0.5, 0.6) is 0 Å². The second-order valence-corrected chi connectivity index (χ2v) is 7.90. The van der Waals surface area contributed by atoms with Crippen molar-refractivity contribution in [1.82, 2.24) is 9.62 Å². The minimum atomic E-state index is -3.58. The van der Waals surface area contributed by atoms with E-state index in [4.69, 9.17) is 11.6 Å². The van der Waals surface area contributed by atoms with Gasteiger partial charge >= 0.3 is 0 Å². The highest BCUT2D eigenvalue weighted by Crippen LogP contribution is 2.33. The summed E-state index contributed by atoms with van der Waals surface area (Å²) in [5.74, 6) is 0. The zero-order valence-electron chi connectivity index (χ0n) is 11.3. The van der Waals surface area contributed by atoms with Crippen LogP contribution >= 0.6 is 27.5 Å². The number of benzene rings is 1. The molecule has 0 aliphatic carbocycles. The average molecular weight is 382 g/mol. The molecule has 1 N–H and O–H groups in total. The molecule has 2 rings (SSSR count). The van der Waals surface area contributed by atoms with Crippen LogP contribution in [0.4, 0.5) is 0 Å². The second kappa shape index (κ2) is 6.75. The van der Waals surface area contributed by atoms with Crippen molar-refractivity contribution in [3.05, 3.63) is 27.7 Å². The molecule has 1 heterocycles. The average Bonchev–Trinajstić information content (AvgIpc) is 2.39. The van der Waals surface area contributed by atoms with Crippen molar-refractivity contribution < 1.29 is 8.42 Å². The Morgan fingerprint density at radius 1 is 1.50 bits per heavy atom. The number of nitrogens with zero attached hydrogens (tertiary/aromatic N) is 1. The minimum absolute atomic E-state index is 0.0121. The highest BCUT2D eigenvalue weighted by atomic mass is 79.9. The van der Waals surface area contributed by atoms with Crippen molar-refractivity contribution in [3.63, 3.8) is 0 Å². The first-order chi connectivity index (χ1) is 9.48. The van der Waals surface area contributed by atoms with E-state index in [9.17, 15) is 8.42 Å². The van der Waals surface area contributed by atoms with Crippen molar-refractivity contribution >= 4 is 37.6 Å². The molecule has 0 aromatic heterocycles. The number of piperazine rings is 1. The van der Waals surface area contributed by atoms with Gasteiger partial charge in [0, 0.05) is 30.1 Å². The third-order valence-electron chi connectivity index (χ3n) is 3.40. The molecule has 1 fully saturated rings. The lowest BCUT2D eigenvalue weighted by molar-refractivity contribution is 0.254. The molecule has 1 aromatic rings. The van der Waals surface area contributed by atoms with Crippen LogP contribution in [-0.4, -0.2) is 38.4 Å². The third-order valence-corrected chi connectivity index (χ3v) is 6.81. The molecule has 0 spiro atoms. The molecule has 1 unspecified atom stereocenters. The molecule has 1 aliphatic rings. The number of halogens is 2. The van der Waals surface area contributed by atoms with Gasteiger partial charge in [-0.15, -0.1) is 0 Å². The summed E-state index contributed by atoms with van der Waals surface area (Å²) in [4.78, 5) is 0.171. The third kappa shape index (κ3) is 3.20. The van der Waals surface area contributed by atoms with Crippen LogP contribution < -0.4 is 5.32 Å². The summed E-state index contributed by atoms with van der Waals surface area (Å²) < 4.78 is 27.9. The predicted molar refractivity (Wildman–Crippen MR) is 84.6 cm³/mol. The zero-order valence-corrected chi connectivity index (χ0v) is 14.4. The van der Waals surface area contributed by atoms with Crippen molar-refractivity contribution in [2.45, 2.75) is 30.7 Å². The molecule has 0 bridgehead atoms. The van der Waals surface area contributed by atoms with Crippen LogP contribution in [0, 0.1) is 0 Å². The second-order valence-electron chi connectivity index (χ2n) is 4.81. The molecule has 7 heteroatoms.